The van der Waals surface area contributed by atoms with Gasteiger partial charge in [0.25, 0.3) is 0 Å². The fourth-order valence-corrected chi connectivity index (χ4v) is 1.63. The first-order valence-corrected chi connectivity index (χ1v) is 5.75. The van der Waals surface area contributed by atoms with Crippen molar-refractivity contribution in [2.45, 2.75) is 26.7 Å². The summed E-state index contributed by atoms with van der Waals surface area (Å²) in [7, 11) is 2.07. The fourth-order valence-electron chi connectivity index (χ4n) is 1.63. The lowest BCUT2D eigenvalue weighted by atomic mass is 10.0. The van der Waals surface area contributed by atoms with Gasteiger partial charge in [-0.2, -0.15) is 5.26 Å². The quantitative estimate of drug-likeness (QED) is 0.756. The minimum atomic E-state index is 0.615. The Morgan fingerprint density at radius 3 is 2.56 bits per heavy atom. The molecule has 0 heterocycles. The van der Waals surface area contributed by atoms with Gasteiger partial charge in [0, 0.05) is 19.5 Å². The van der Waals surface area contributed by atoms with E-state index in [1.165, 1.54) is 16.7 Å². The third kappa shape index (κ3) is 4.04. The summed E-state index contributed by atoms with van der Waals surface area (Å²) in [6.07, 6.45) is 1.67. The van der Waals surface area contributed by atoms with Crippen molar-refractivity contribution < 1.29 is 0 Å². The normalized spacial score (nSPS) is 10.4. The number of likely N-dealkylation sites (N-methyl/N-ethyl adjacent to an activating group) is 1. The molecule has 16 heavy (non-hydrogen) atoms. The van der Waals surface area contributed by atoms with Crippen LogP contribution in [0.3, 0.4) is 0 Å². The molecule has 2 heteroatoms. The number of hydrogen-bond acceptors (Lipinski definition) is 2. The Morgan fingerprint density at radius 1 is 1.19 bits per heavy atom. The highest BCUT2D eigenvalue weighted by Gasteiger charge is 2.00. The van der Waals surface area contributed by atoms with Gasteiger partial charge in [0.2, 0.25) is 0 Å². The summed E-state index contributed by atoms with van der Waals surface area (Å²) >= 11 is 0. The molecule has 86 valence electrons. The van der Waals surface area contributed by atoms with E-state index >= 15 is 0 Å². The van der Waals surface area contributed by atoms with Crippen LogP contribution in [0.15, 0.2) is 18.2 Å². The highest BCUT2D eigenvalue weighted by atomic mass is 15.1. The van der Waals surface area contributed by atoms with E-state index in [0.717, 1.165) is 19.5 Å². The zero-order valence-electron chi connectivity index (χ0n) is 10.5. The molecule has 0 saturated carbocycles. The average Bonchev–Trinajstić information content (AvgIpc) is 2.28. The third-order valence-electron chi connectivity index (χ3n) is 2.96. The summed E-state index contributed by atoms with van der Waals surface area (Å²) in [6, 6.07) is 8.80. The van der Waals surface area contributed by atoms with Gasteiger partial charge in [0.1, 0.15) is 0 Å². The SMILES string of the molecule is Cc1ccc(CCN(C)CCC#N)cc1C. The number of aryl methyl sites for hydroxylation is 2. The average molecular weight is 216 g/mol. The Bertz CT molecular complexity index is 377. The molecular formula is C14H20N2. The van der Waals surface area contributed by atoms with Gasteiger partial charge in [-0.3, -0.25) is 0 Å². The van der Waals surface area contributed by atoms with Gasteiger partial charge in [0.05, 0.1) is 6.07 Å². The number of nitrogens with zero attached hydrogens (tertiary/aromatic N) is 2. The first-order chi connectivity index (χ1) is 7.63. The first kappa shape index (κ1) is 12.7. The molecule has 0 saturated heterocycles. The molecule has 0 aliphatic heterocycles. The molecule has 1 aromatic rings. The zero-order chi connectivity index (χ0) is 12.0. The highest BCUT2D eigenvalue weighted by molar-refractivity contribution is 5.30. The van der Waals surface area contributed by atoms with E-state index in [1.807, 2.05) is 0 Å². The van der Waals surface area contributed by atoms with E-state index in [4.69, 9.17) is 5.26 Å². The van der Waals surface area contributed by atoms with E-state index in [1.54, 1.807) is 0 Å². The molecule has 1 rings (SSSR count). The zero-order valence-corrected chi connectivity index (χ0v) is 10.5. The molecule has 0 amide bonds. The van der Waals surface area contributed by atoms with Crippen molar-refractivity contribution in [1.82, 2.24) is 4.90 Å². The van der Waals surface area contributed by atoms with Crippen LogP contribution in [-0.4, -0.2) is 25.0 Å². The molecule has 0 aliphatic rings. The predicted molar refractivity (Wildman–Crippen MR) is 67.3 cm³/mol. The summed E-state index contributed by atoms with van der Waals surface area (Å²) < 4.78 is 0. The lowest BCUT2D eigenvalue weighted by Gasteiger charge is -2.14. The van der Waals surface area contributed by atoms with Crippen LogP contribution in [-0.2, 0) is 6.42 Å². The highest BCUT2D eigenvalue weighted by Crippen LogP contribution is 2.10. The van der Waals surface area contributed by atoms with Crippen LogP contribution in [0.1, 0.15) is 23.1 Å². The molecule has 1 aromatic carbocycles. The molecule has 0 aliphatic carbocycles. The standard InChI is InChI=1S/C14H20N2/c1-12-5-6-14(11-13(12)2)7-10-16(3)9-4-8-15/h5-6,11H,4,7,9-10H2,1-3H3. The lowest BCUT2D eigenvalue weighted by molar-refractivity contribution is 0.346. The van der Waals surface area contributed by atoms with E-state index in [-0.39, 0.29) is 0 Å². The molecule has 2 nitrogen and oxygen atoms in total. The summed E-state index contributed by atoms with van der Waals surface area (Å²) in [5.74, 6) is 0. The molecular weight excluding hydrogens is 196 g/mol. The van der Waals surface area contributed by atoms with Crippen LogP contribution in [0, 0.1) is 25.2 Å². The van der Waals surface area contributed by atoms with Crippen molar-refractivity contribution in [2.24, 2.45) is 0 Å². The Balaban J connectivity index is 2.43. The van der Waals surface area contributed by atoms with Crippen LogP contribution >= 0.6 is 0 Å². The lowest BCUT2D eigenvalue weighted by Crippen LogP contribution is -2.22. The van der Waals surface area contributed by atoms with Gasteiger partial charge >= 0.3 is 0 Å². The predicted octanol–water partition coefficient (Wildman–Crippen LogP) is 2.69. The topological polar surface area (TPSA) is 27.0 Å². The molecule has 0 fully saturated rings. The van der Waals surface area contributed by atoms with E-state index < -0.39 is 0 Å². The first-order valence-electron chi connectivity index (χ1n) is 5.75. The van der Waals surface area contributed by atoms with Crippen molar-refractivity contribution in [3.8, 4) is 6.07 Å². The molecule has 0 atom stereocenters. The Morgan fingerprint density at radius 2 is 1.94 bits per heavy atom. The van der Waals surface area contributed by atoms with Crippen molar-refractivity contribution in [2.75, 3.05) is 20.1 Å². The Kier molecular flexibility index (Phi) is 5.01. The second-order valence-electron chi connectivity index (χ2n) is 4.38. The fraction of sp³-hybridized carbons (Fsp3) is 0.500. The van der Waals surface area contributed by atoms with Gasteiger partial charge in [-0.15, -0.1) is 0 Å². The van der Waals surface area contributed by atoms with Gasteiger partial charge < -0.3 is 4.90 Å². The van der Waals surface area contributed by atoms with Crippen molar-refractivity contribution in [3.63, 3.8) is 0 Å². The maximum atomic E-state index is 8.49. The number of nitriles is 1. The summed E-state index contributed by atoms with van der Waals surface area (Å²) in [5.41, 5.74) is 4.09. The Hall–Kier alpha value is -1.33. The van der Waals surface area contributed by atoms with Crippen LogP contribution in [0.25, 0.3) is 0 Å². The van der Waals surface area contributed by atoms with E-state index in [0.29, 0.717) is 6.42 Å². The number of benzene rings is 1. The second kappa shape index (κ2) is 6.30. The van der Waals surface area contributed by atoms with Crippen molar-refractivity contribution in [3.05, 3.63) is 34.9 Å². The van der Waals surface area contributed by atoms with E-state index in [2.05, 4.69) is 50.1 Å². The second-order valence-corrected chi connectivity index (χ2v) is 4.38. The van der Waals surface area contributed by atoms with Crippen molar-refractivity contribution in [1.29, 1.82) is 5.26 Å². The molecule has 0 unspecified atom stereocenters. The van der Waals surface area contributed by atoms with Crippen molar-refractivity contribution >= 4 is 0 Å². The number of hydrogen-bond donors (Lipinski definition) is 0. The Labute approximate surface area is 98.5 Å². The maximum absolute atomic E-state index is 8.49. The molecule has 0 spiro atoms. The van der Waals surface area contributed by atoms with Crippen LogP contribution in [0.5, 0.6) is 0 Å². The number of rotatable bonds is 5. The molecule has 0 radical (unpaired) electrons. The maximum Gasteiger partial charge on any atom is 0.0635 e. The minimum Gasteiger partial charge on any atom is -0.305 e. The summed E-state index contributed by atoms with van der Waals surface area (Å²) in [4.78, 5) is 2.21. The van der Waals surface area contributed by atoms with Crippen LogP contribution < -0.4 is 0 Å². The van der Waals surface area contributed by atoms with Gasteiger partial charge in [0.15, 0.2) is 0 Å². The smallest absolute Gasteiger partial charge is 0.0635 e. The molecule has 0 bridgehead atoms. The summed E-state index contributed by atoms with van der Waals surface area (Å²) in [5, 5.41) is 8.49. The monoisotopic (exact) mass is 216 g/mol. The van der Waals surface area contributed by atoms with Gasteiger partial charge in [-0.25, -0.2) is 0 Å². The molecule has 0 aromatic heterocycles. The van der Waals surface area contributed by atoms with Crippen LogP contribution in [0.4, 0.5) is 0 Å². The van der Waals surface area contributed by atoms with Gasteiger partial charge in [-0.05, 0) is 44.0 Å². The minimum absolute atomic E-state index is 0.615. The van der Waals surface area contributed by atoms with Gasteiger partial charge in [-0.1, -0.05) is 18.2 Å². The van der Waals surface area contributed by atoms with Crippen LogP contribution in [0.2, 0.25) is 0 Å². The largest absolute Gasteiger partial charge is 0.305 e. The summed E-state index contributed by atoms with van der Waals surface area (Å²) in [6.45, 7) is 6.17. The molecule has 0 N–H and O–H groups in total. The van der Waals surface area contributed by atoms with E-state index in [9.17, 15) is 0 Å². The third-order valence-corrected chi connectivity index (χ3v) is 2.96.